The van der Waals surface area contributed by atoms with Crippen LogP contribution in [0, 0.1) is 0 Å². The van der Waals surface area contributed by atoms with E-state index in [0.717, 1.165) is 25.1 Å². The van der Waals surface area contributed by atoms with Crippen molar-refractivity contribution in [1.82, 2.24) is 14.7 Å². The largest absolute Gasteiger partial charge is 0.417 e. The highest BCUT2D eigenvalue weighted by atomic mass is 19.4. The first kappa shape index (κ1) is 15.8. The molecule has 8 heteroatoms. The Morgan fingerprint density at radius 3 is 2.91 bits per heavy atom. The van der Waals surface area contributed by atoms with Crippen LogP contribution in [0.3, 0.4) is 0 Å². The maximum Gasteiger partial charge on any atom is 0.417 e. The SMILES string of the molecule is O=C(NCCc1cn2cc(C(F)(F)F)ccc2n1)C1CCCO1. The van der Waals surface area contributed by atoms with Crippen molar-refractivity contribution >= 4 is 11.6 Å². The minimum atomic E-state index is -4.38. The number of amides is 1. The molecule has 5 nitrogen and oxygen atoms in total. The second kappa shape index (κ2) is 6.19. The van der Waals surface area contributed by atoms with Gasteiger partial charge >= 0.3 is 6.18 Å². The average Bonchev–Trinajstić information content (AvgIpc) is 3.14. The van der Waals surface area contributed by atoms with Crippen molar-refractivity contribution in [3.05, 3.63) is 35.8 Å². The number of nitrogens with one attached hydrogen (secondary N) is 1. The van der Waals surface area contributed by atoms with Crippen molar-refractivity contribution in [1.29, 1.82) is 0 Å². The normalized spacial score (nSPS) is 18.5. The van der Waals surface area contributed by atoms with Gasteiger partial charge in [0.25, 0.3) is 0 Å². The molecule has 3 heterocycles. The molecule has 1 amide bonds. The maximum atomic E-state index is 12.7. The zero-order valence-electron chi connectivity index (χ0n) is 12.3. The number of hydrogen-bond acceptors (Lipinski definition) is 3. The fourth-order valence-electron chi connectivity index (χ4n) is 2.54. The smallest absolute Gasteiger partial charge is 0.368 e. The number of carbonyl (C=O) groups is 1. The average molecular weight is 327 g/mol. The molecule has 0 aliphatic carbocycles. The van der Waals surface area contributed by atoms with Crippen LogP contribution in [0.5, 0.6) is 0 Å². The first-order valence-corrected chi connectivity index (χ1v) is 7.37. The summed E-state index contributed by atoms with van der Waals surface area (Å²) in [6, 6.07) is 2.34. The molecule has 0 saturated carbocycles. The van der Waals surface area contributed by atoms with Gasteiger partial charge in [-0.2, -0.15) is 13.2 Å². The predicted molar refractivity (Wildman–Crippen MR) is 75.9 cm³/mol. The highest BCUT2D eigenvalue weighted by Gasteiger charge is 2.30. The van der Waals surface area contributed by atoms with Gasteiger partial charge in [-0.3, -0.25) is 4.79 Å². The van der Waals surface area contributed by atoms with Gasteiger partial charge < -0.3 is 14.5 Å². The third kappa shape index (κ3) is 3.64. The summed E-state index contributed by atoms with van der Waals surface area (Å²) in [5.41, 5.74) is 0.344. The third-order valence-electron chi connectivity index (χ3n) is 3.73. The predicted octanol–water partition coefficient (Wildman–Crippen LogP) is 2.19. The zero-order valence-corrected chi connectivity index (χ0v) is 12.3. The standard InChI is InChI=1S/C15H16F3N3O2/c16-15(17,18)10-3-4-13-20-11(9-21(13)8-10)5-6-19-14(22)12-2-1-7-23-12/h3-4,8-9,12H,1-2,5-7H2,(H,19,22). The summed E-state index contributed by atoms with van der Waals surface area (Å²) in [5, 5.41) is 2.76. The van der Waals surface area contributed by atoms with Crippen LogP contribution in [0.25, 0.3) is 5.65 Å². The fraction of sp³-hybridized carbons (Fsp3) is 0.467. The van der Waals surface area contributed by atoms with Gasteiger partial charge in [0, 0.05) is 32.0 Å². The van der Waals surface area contributed by atoms with Gasteiger partial charge in [-0.15, -0.1) is 0 Å². The summed E-state index contributed by atoms with van der Waals surface area (Å²) in [6.07, 6.45) is -0.160. The minimum Gasteiger partial charge on any atom is -0.368 e. The van der Waals surface area contributed by atoms with Crippen molar-refractivity contribution in [3.63, 3.8) is 0 Å². The molecule has 0 spiro atoms. The number of ether oxygens (including phenoxy) is 1. The summed E-state index contributed by atoms with van der Waals surface area (Å²) in [7, 11) is 0. The lowest BCUT2D eigenvalue weighted by atomic mass is 10.2. The Morgan fingerprint density at radius 2 is 2.22 bits per heavy atom. The Balaban J connectivity index is 1.61. The summed E-state index contributed by atoms with van der Waals surface area (Å²) in [5.74, 6) is -0.148. The van der Waals surface area contributed by atoms with Crippen molar-refractivity contribution < 1.29 is 22.7 Å². The van der Waals surface area contributed by atoms with E-state index in [4.69, 9.17) is 4.74 Å². The van der Waals surface area contributed by atoms with E-state index in [1.165, 1.54) is 10.5 Å². The van der Waals surface area contributed by atoms with Crippen molar-refractivity contribution in [3.8, 4) is 0 Å². The van der Waals surface area contributed by atoms with E-state index < -0.39 is 11.7 Å². The molecule has 1 saturated heterocycles. The number of nitrogens with zero attached hydrogens (tertiary/aromatic N) is 2. The Labute approximate surface area is 130 Å². The van der Waals surface area contributed by atoms with Gasteiger partial charge in [-0.25, -0.2) is 4.98 Å². The van der Waals surface area contributed by atoms with E-state index >= 15 is 0 Å². The number of carbonyl (C=O) groups excluding carboxylic acids is 1. The van der Waals surface area contributed by atoms with Crippen LogP contribution in [0.15, 0.2) is 24.5 Å². The van der Waals surface area contributed by atoms with E-state index in [1.54, 1.807) is 6.20 Å². The number of aromatic nitrogens is 2. The van der Waals surface area contributed by atoms with Crippen LogP contribution in [0.2, 0.25) is 0 Å². The number of alkyl halides is 3. The zero-order chi connectivity index (χ0) is 16.4. The quantitative estimate of drug-likeness (QED) is 0.936. The molecule has 2 aromatic heterocycles. The molecule has 124 valence electrons. The number of rotatable bonds is 4. The van der Waals surface area contributed by atoms with Crippen LogP contribution in [0.4, 0.5) is 13.2 Å². The van der Waals surface area contributed by atoms with Gasteiger partial charge in [-0.1, -0.05) is 0 Å². The molecule has 1 aliphatic heterocycles. The number of halogens is 3. The van der Waals surface area contributed by atoms with Gasteiger partial charge in [0.2, 0.25) is 5.91 Å². The molecule has 0 radical (unpaired) electrons. The molecular weight excluding hydrogens is 311 g/mol. The summed E-state index contributed by atoms with van der Waals surface area (Å²) < 4.78 is 44.6. The molecule has 1 unspecified atom stereocenters. The van der Waals surface area contributed by atoms with Crippen LogP contribution in [-0.4, -0.2) is 34.5 Å². The topological polar surface area (TPSA) is 55.6 Å². The van der Waals surface area contributed by atoms with Gasteiger partial charge in [0.1, 0.15) is 11.8 Å². The minimum absolute atomic E-state index is 0.148. The van der Waals surface area contributed by atoms with E-state index in [-0.39, 0.29) is 12.0 Å². The van der Waals surface area contributed by atoms with Crippen molar-refractivity contribution in [2.24, 2.45) is 0 Å². The van der Waals surface area contributed by atoms with Crippen molar-refractivity contribution in [2.45, 2.75) is 31.5 Å². The fourth-order valence-corrected chi connectivity index (χ4v) is 2.54. The van der Waals surface area contributed by atoms with Crippen LogP contribution in [0.1, 0.15) is 24.1 Å². The molecule has 1 aliphatic rings. The van der Waals surface area contributed by atoms with Crippen LogP contribution < -0.4 is 5.32 Å². The van der Waals surface area contributed by atoms with Crippen LogP contribution in [-0.2, 0) is 22.1 Å². The molecule has 0 bridgehead atoms. The molecule has 1 fully saturated rings. The monoisotopic (exact) mass is 327 g/mol. The Hall–Kier alpha value is -2.09. The highest BCUT2D eigenvalue weighted by molar-refractivity contribution is 5.80. The Morgan fingerprint density at radius 1 is 1.39 bits per heavy atom. The third-order valence-corrected chi connectivity index (χ3v) is 3.73. The second-order valence-corrected chi connectivity index (χ2v) is 5.46. The van der Waals surface area contributed by atoms with E-state index in [9.17, 15) is 18.0 Å². The maximum absolute atomic E-state index is 12.7. The summed E-state index contributed by atoms with van der Waals surface area (Å²) >= 11 is 0. The molecule has 3 rings (SSSR count). The van der Waals surface area contributed by atoms with E-state index in [0.29, 0.717) is 30.9 Å². The number of pyridine rings is 1. The van der Waals surface area contributed by atoms with E-state index in [1.807, 2.05) is 0 Å². The molecule has 0 aromatic carbocycles. The first-order chi connectivity index (χ1) is 10.9. The number of hydrogen-bond donors (Lipinski definition) is 1. The van der Waals surface area contributed by atoms with Crippen molar-refractivity contribution in [2.75, 3.05) is 13.2 Å². The molecule has 1 atom stereocenters. The van der Waals surface area contributed by atoms with Gasteiger partial charge in [0.15, 0.2) is 0 Å². The lowest BCUT2D eigenvalue weighted by molar-refractivity contribution is -0.137. The molecule has 2 aromatic rings. The molecule has 23 heavy (non-hydrogen) atoms. The van der Waals surface area contributed by atoms with Gasteiger partial charge in [0.05, 0.1) is 11.3 Å². The number of imidazole rings is 1. The molecular formula is C15H16F3N3O2. The summed E-state index contributed by atoms with van der Waals surface area (Å²) in [6.45, 7) is 0.973. The van der Waals surface area contributed by atoms with E-state index in [2.05, 4.69) is 10.3 Å². The Kier molecular flexibility index (Phi) is 4.25. The van der Waals surface area contributed by atoms with Gasteiger partial charge in [-0.05, 0) is 25.0 Å². The van der Waals surface area contributed by atoms with Crippen LogP contribution >= 0.6 is 0 Å². The first-order valence-electron chi connectivity index (χ1n) is 7.37. The molecule has 1 N–H and O–H groups in total. The lowest BCUT2D eigenvalue weighted by Crippen LogP contribution is -2.35. The number of fused-ring (bicyclic) bond motifs is 1. The highest BCUT2D eigenvalue weighted by Crippen LogP contribution is 2.29. The summed E-state index contributed by atoms with van der Waals surface area (Å²) in [4.78, 5) is 16.0. The Bertz CT molecular complexity index is 706. The lowest BCUT2D eigenvalue weighted by Gasteiger charge is -2.09. The second-order valence-electron chi connectivity index (χ2n) is 5.46.